The average molecular weight is 153 g/mol. The van der Waals surface area contributed by atoms with Crippen LogP contribution in [0.3, 0.4) is 0 Å². The summed E-state index contributed by atoms with van der Waals surface area (Å²) < 4.78 is 0. The zero-order valence-corrected chi connectivity index (χ0v) is 6.87. The van der Waals surface area contributed by atoms with Crippen LogP contribution in [-0.2, 0) is 0 Å². The highest BCUT2D eigenvalue weighted by atomic mass is 19.0. The fraction of sp³-hybridized carbons (Fsp3) is 0.250. The van der Waals surface area contributed by atoms with Crippen LogP contribution in [0.25, 0.3) is 0 Å². The molecule has 0 aliphatic rings. The fourth-order valence-corrected chi connectivity index (χ4v) is 0.868. The number of rotatable bonds is 2. The van der Waals surface area contributed by atoms with Gasteiger partial charge in [-0.25, -0.2) is 0 Å². The summed E-state index contributed by atoms with van der Waals surface area (Å²) in [5.74, 6) is 0. The van der Waals surface area contributed by atoms with Crippen molar-refractivity contribution in [3.8, 4) is 0 Å². The van der Waals surface area contributed by atoms with Crippen molar-refractivity contribution >= 4 is 12.5 Å². The molecule has 11 heavy (non-hydrogen) atoms. The minimum absolute atomic E-state index is 0. The lowest BCUT2D eigenvalue weighted by molar-refractivity contribution is 1.11. The van der Waals surface area contributed by atoms with E-state index in [2.05, 4.69) is 31.0 Å². The number of halogens is 1. The van der Waals surface area contributed by atoms with Crippen LogP contribution in [0.5, 0.6) is 0 Å². The van der Waals surface area contributed by atoms with Gasteiger partial charge < -0.3 is 5.23 Å². The molecule has 1 aromatic rings. The Morgan fingerprint density at radius 1 is 1.09 bits per heavy atom. The maximum atomic E-state index is 3.30. The first-order valence-corrected chi connectivity index (χ1v) is 3.60. The molecule has 0 saturated carbocycles. The summed E-state index contributed by atoms with van der Waals surface area (Å²) in [6, 6.07) is 10.2. The third-order valence-electron chi connectivity index (χ3n) is 1.23. The Bertz CT molecular complexity index is 189. The largest absolute Gasteiger partial charge is 0.428 e. The van der Waals surface area contributed by atoms with Crippen molar-refractivity contribution in [1.29, 1.82) is 0 Å². The van der Waals surface area contributed by atoms with E-state index >= 15 is 0 Å². The molecule has 1 N–H and O–H groups in total. The van der Waals surface area contributed by atoms with Crippen molar-refractivity contribution in [3.63, 3.8) is 0 Å². The van der Waals surface area contributed by atoms with E-state index in [9.17, 15) is 0 Å². The lowest BCUT2D eigenvalue weighted by atomic mass is 9.68. The number of nitrogens with one attached hydrogen (secondary N) is 1. The molecule has 0 fully saturated rings. The first-order valence-electron chi connectivity index (χ1n) is 3.60. The second kappa shape index (κ2) is 4.77. The number of para-hydroxylation sites is 1. The van der Waals surface area contributed by atoms with E-state index in [0.29, 0.717) is 6.85 Å². The lowest BCUT2D eigenvalue weighted by Crippen LogP contribution is -2.14. The van der Waals surface area contributed by atoms with E-state index in [-0.39, 0.29) is 4.70 Å². The minimum Gasteiger partial charge on any atom is -0.428 e. The van der Waals surface area contributed by atoms with Gasteiger partial charge in [0.15, 0.2) is 0 Å². The second-order valence-electron chi connectivity index (χ2n) is 2.67. The van der Waals surface area contributed by atoms with Gasteiger partial charge in [0.05, 0.1) is 0 Å². The van der Waals surface area contributed by atoms with Gasteiger partial charge in [0, 0.05) is 5.69 Å². The molecule has 1 rings (SSSR count). The molecule has 0 bridgehead atoms. The second-order valence-corrected chi connectivity index (χ2v) is 2.67. The van der Waals surface area contributed by atoms with Gasteiger partial charge in [-0.2, -0.15) is 0 Å². The Labute approximate surface area is 67.3 Å². The Balaban J connectivity index is 0.000001000. The molecule has 0 amide bonds. The predicted octanol–water partition coefficient (Wildman–Crippen LogP) is 2.50. The molecule has 0 aliphatic carbocycles. The third-order valence-corrected chi connectivity index (χ3v) is 1.23. The molecular formula is C8H13BFN. The lowest BCUT2D eigenvalue weighted by Gasteiger charge is -2.05. The summed E-state index contributed by atoms with van der Waals surface area (Å²) >= 11 is 0. The molecule has 1 nitrogen and oxygen atoms in total. The monoisotopic (exact) mass is 153 g/mol. The van der Waals surface area contributed by atoms with E-state index < -0.39 is 0 Å². The predicted molar refractivity (Wildman–Crippen MR) is 50.0 cm³/mol. The van der Waals surface area contributed by atoms with Gasteiger partial charge in [-0.3, -0.25) is 4.70 Å². The topological polar surface area (TPSA) is 12.0 Å². The average Bonchev–Trinajstić information content (AvgIpc) is 1.88. The quantitative estimate of drug-likeness (QED) is 0.643. The summed E-state index contributed by atoms with van der Waals surface area (Å²) in [7, 11) is 0. The van der Waals surface area contributed by atoms with Crippen LogP contribution in [0, 0.1) is 0 Å². The molecule has 0 atom stereocenters. The molecule has 0 radical (unpaired) electrons. The first kappa shape index (κ1) is 10.0. The van der Waals surface area contributed by atoms with Crippen molar-refractivity contribution < 1.29 is 4.70 Å². The molecule has 0 unspecified atom stereocenters. The zero-order chi connectivity index (χ0) is 7.40. The molecular weight excluding hydrogens is 140 g/mol. The molecule has 0 aliphatic heterocycles. The van der Waals surface area contributed by atoms with Crippen LogP contribution in [0.1, 0.15) is 0 Å². The van der Waals surface area contributed by atoms with E-state index in [1.807, 2.05) is 18.2 Å². The molecule has 0 spiro atoms. The van der Waals surface area contributed by atoms with Gasteiger partial charge >= 0.3 is 0 Å². The van der Waals surface area contributed by atoms with Crippen molar-refractivity contribution in [2.24, 2.45) is 0 Å². The van der Waals surface area contributed by atoms with Crippen LogP contribution in [0.4, 0.5) is 10.4 Å². The smallest absolute Gasteiger partial charge is 0.245 e. The maximum absolute atomic E-state index is 3.30. The molecule has 3 heteroatoms. The maximum Gasteiger partial charge on any atom is 0.245 e. The Morgan fingerprint density at radius 3 is 2.09 bits per heavy atom. The van der Waals surface area contributed by atoms with Gasteiger partial charge in [-0.1, -0.05) is 31.8 Å². The highest BCUT2D eigenvalue weighted by Gasteiger charge is 1.95. The summed E-state index contributed by atoms with van der Waals surface area (Å²) in [5.41, 5.74) is 1.19. The van der Waals surface area contributed by atoms with Crippen molar-refractivity contribution in [2.75, 3.05) is 5.23 Å². The van der Waals surface area contributed by atoms with Crippen LogP contribution in [0.2, 0.25) is 13.6 Å². The highest BCUT2D eigenvalue weighted by Crippen LogP contribution is 2.04. The van der Waals surface area contributed by atoms with E-state index in [1.165, 1.54) is 5.69 Å². The molecule has 60 valence electrons. The van der Waals surface area contributed by atoms with Gasteiger partial charge in [0.2, 0.25) is 6.85 Å². The number of hydrogen-bond acceptors (Lipinski definition) is 1. The van der Waals surface area contributed by atoms with E-state index in [1.54, 1.807) is 0 Å². The summed E-state index contributed by atoms with van der Waals surface area (Å²) in [6.45, 7) is 4.78. The van der Waals surface area contributed by atoms with E-state index in [4.69, 9.17) is 0 Å². The van der Waals surface area contributed by atoms with Crippen LogP contribution in [0.15, 0.2) is 30.3 Å². The van der Waals surface area contributed by atoms with E-state index in [0.717, 1.165) is 0 Å². The molecule has 1 aromatic carbocycles. The number of hydrogen-bond donors (Lipinski definition) is 1. The van der Waals surface area contributed by atoms with Crippen molar-refractivity contribution in [3.05, 3.63) is 30.3 Å². The van der Waals surface area contributed by atoms with Crippen molar-refractivity contribution in [2.45, 2.75) is 13.6 Å². The molecule has 0 heterocycles. The minimum atomic E-state index is 0. The third kappa shape index (κ3) is 3.66. The van der Waals surface area contributed by atoms with Crippen LogP contribution in [-0.4, -0.2) is 6.85 Å². The summed E-state index contributed by atoms with van der Waals surface area (Å²) in [4.78, 5) is 0. The van der Waals surface area contributed by atoms with Crippen LogP contribution >= 0.6 is 0 Å². The normalized spacial score (nSPS) is 8.18. The molecule has 0 aromatic heterocycles. The van der Waals surface area contributed by atoms with Crippen molar-refractivity contribution in [1.82, 2.24) is 0 Å². The highest BCUT2D eigenvalue weighted by molar-refractivity contribution is 6.59. The van der Waals surface area contributed by atoms with Gasteiger partial charge in [-0.15, -0.1) is 0 Å². The fourth-order valence-electron chi connectivity index (χ4n) is 0.868. The van der Waals surface area contributed by atoms with Gasteiger partial charge in [-0.05, 0) is 12.1 Å². The summed E-state index contributed by atoms with van der Waals surface area (Å²) in [5, 5.41) is 3.30. The Morgan fingerprint density at radius 2 is 1.64 bits per heavy atom. The SMILES string of the molecule is CB(C)Nc1ccccc1.F. The zero-order valence-electron chi connectivity index (χ0n) is 6.87. The van der Waals surface area contributed by atoms with Gasteiger partial charge in [0.25, 0.3) is 0 Å². The standard InChI is InChI=1S/C8H12BN.FH/c1-9(2)10-8-6-4-3-5-7-8;/h3-7,10H,1-2H3;1H. The Hall–Kier alpha value is -0.985. The number of anilines is 1. The summed E-state index contributed by atoms with van der Waals surface area (Å²) in [6.07, 6.45) is 0. The molecule has 0 saturated heterocycles. The first-order chi connectivity index (χ1) is 4.79. The van der Waals surface area contributed by atoms with Crippen LogP contribution < -0.4 is 5.23 Å². The number of benzene rings is 1. The Kier molecular flexibility index (Phi) is 4.35. The van der Waals surface area contributed by atoms with Gasteiger partial charge in [0.1, 0.15) is 0 Å².